The molecule has 17 nitrogen and oxygen atoms in total. The lowest BCUT2D eigenvalue weighted by atomic mass is 10.0. The molecule has 12 rings (SSSR count). The SMILES string of the molecule is C.CCc1cc(C)nn1-c1ccc(Cn2c(=O)[nH]c3cnc(-c4ccccc4C4CC4)nc32)cc1.Cc1cc(CO)n(-c2ccc(Cn3c(=O)[nH]c4cnc(-c5ccccc5C5CC5)nc43)cc2)n1.O=C=O. The number of carbonyl (C=O) groups excluding carboxylic acids is 2. The van der Waals surface area contributed by atoms with Crippen molar-refractivity contribution in [2.24, 2.45) is 0 Å². The summed E-state index contributed by atoms with van der Waals surface area (Å²) in [6.45, 7) is 6.76. The number of aliphatic hydroxyl groups excluding tert-OH is 1. The summed E-state index contributed by atoms with van der Waals surface area (Å²) in [5.74, 6) is 2.48. The molecule has 0 saturated heterocycles. The minimum atomic E-state index is -0.216. The maximum absolute atomic E-state index is 12.8. The quantitative estimate of drug-likeness (QED) is 0.105. The standard InChI is InChI=1S/C27H26N6O.C26H24N6O2.CO2.CH4/c1-3-20-14-17(2)31-33(20)21-12-8-18(9-13-21)16-32-26-24(29-27(32)34)15-28-25(30-26)23-7-5-4-6-22(23)19-10-11-19;1-16-12-20(15-33)32(30-16)19-10-6-17(7-11-19)14-31-25-23(28-26(31)34)13-27-24(29-25)22-5-3-2-4-21(22)18-8-9-18;2-1-3;/h4-9,12-15,19H,3,10-11,16H2,1-2H3,(H,29,34);2-7,10-13,18,33H,8-9,14-15H2,1H3,(H,28,34);;1H4. The van der Waals surface area contributed by atoms with Gasteiger partial charge in [0.1, 0.15) is 11.0 Å². The lowest BCUT2D eigenvalue weighted by molar-refractivity contribution is -0.191. The van der Waals surface area contributed by atoms with Crippen molar-refractivity contribution < 1.29 is 14.7 Å². The van der Waals surface area contributed by atoms with Crippen LogP contribution in [-0.4, -0.2) is 69.9 Å². The zero-order chi connectivity index (χ0) is 49.2. The van der Waals surface area contributed by atoms with Crippen molar-refractivity contribution >= 4 is 28.5 Å². The van der Waals surface area contributed by atoms with Gasteiger partial charge in [-0.25, -0.2) is 38.9 Å². The van der Waals surface area contributed by atoms with Crippen molar-refractivity contribution in [3.05, 3.63) is 188 Å². The summed E-state index contributed by atoms with van der Waals surface area (Å²) in [6.07, 6.45) is 9.39. The normalized spacial score (nSPS) is 12.9. The fourth-order valence-corrected chi connectivity index (χ4v) is 9.11. The number of aromatic nitrogens is 12. The van der Waals surface area contributed by atoms with Crippen LogP contribution in [0, 0.1) is 13.8 Å². The van der Waals surface area contributed by atoms with E-state index in [0.29, 0.717) is 58.9 Å². The number of aliphatic hydroxyl groups is 1. The highest BCUT2D eigenvalue weighted by molar-refractivity contribution is 5.75. The molecule has 2 saturated carbocycles. The molecule has 2 aliphatic carbocycles. The fraction of sp³-hybridized carbons (Fsp3) is 0.255. The molecule has 4 aromatic carbocycles. The summed E-state index contributed by atoms with van der Waals surface area (Å²) < 4.78 is 7.04. The summed E-state index contributed by atoms with van der Waals surface area (Å²) in [6, 6.07) is 36.5. The van der Waals surface area contributed by atoms with Gasteiger partial charge >= 0.3 is 17.5 Å². The average molecular weight is 963 g/mol. The molecule has 2 aliphatic rings. The highest BCUT2D eigenvalue weighted by atomic mass is 16.3. The molecule has 0 aliphatic heterocycles. The number of imidazole rings is 2. The molecule has 72 heavy (non-hydrogen) atoms. The highest BCUT2D eigenvalue weighted by Gasteiger charge is 2.28. The van der Waals surface area contributed by atoms with Gasteiger partial charge in [-0.2, -0.15) is 19.8 Å². The topological polar surface area (TPSA) is 217 Å². The van der Waals surface area contributed by atoms with E-state index in [9.17, 15) is 14.7 Å². The number of H-pyrrole nitrogens is 2. The number of rotatable bonds is 12. The molecule has 0 bridgehead atoms. The third-order valence-electron chi connectivity index (χ3n) is 12.8. The molecule has 364 valence electrons. The van der Waals surface area contributed by atoms with E-state index < -0.39 is 0 Å². The van der Waals surface area contributed by atoms with Crippen LogP contribution in [0.2, 0.25) is 0 Å². The molecule has 2 fully saturated rings. The first-order valence-electron chi connectivity index (χ1n) is 23.6. The van der Waals surface area contributed by atoms with E-state index in [1.54, 1.807) is 26.2 Å². The summed E-state index contributed by atoms with van der Waals surface area (Å²) >= 11 is 0. The van der Waals surface area contributed by atoms with E-state index in [4.69, 9.17) is 19.6 Å². The van der Waals surface area contributed by atoms with Gasteiger partial charge in [-0.3, -0.25) is 9.13 Å². The number of hydrogen-bond acceptors (Lipinski definition) is 11. The van der Waals surface area contributed by atoms with Crippen molar-refractivity contribution in [2.75, 3.05) is 0 Å². The smallest absolute Gasteiger partial charge is 0.373 e. The zero-order valence-electron chi connectivity index (χ0n) is 39.4. The van der Waals surface area contributed by atoms with Crippen LogP contribution in [0.5, 0.6) is 0 Å². The number of fused-ring (bicyclic) bond motifs is 2. The highest BCUT2D eigenvalue weighted by Crippen LogP contribution is 2.44. The number of nitrogens with one attached hydrogen (secondary N) is 2. The average Bonchev–Trinajstić information content (AvgIpc) is 4.31. The van der Waals surface area contributed by atoms with Crippen LogP contribution in [0.1, 0.15) is 96.9 Å². The number of aryl methyl sites for hydroxylation is 3. The largest absolute Gasteiger partial charge is 0.390 e. The fourth-order valence-electron chi connectivity index (χ4n) is 9.11. The molecule has 0 amide bonds. The Hall–Kier alpha value is -8.66. The summed E-state index contributed by atoms with van der Waals surface area (Å²) in [7, 11) is 0. The molecule has 0 spiro atoms. The molecule has 0 atom stereocenters. The number of nitrogens with zero attached hydrogens (tertiary/aromatic N) is 10. The minimum absolute atomic E-state index is 0. The van der Waals surface area contributed by atoms with Gasteiger partial charge in [0.05, 0.1) is 60.5 Å². The summed E-state index contributed by atoms with van der Waals surface area (Å²) in [4.78, 5) is 66.3. The molecule has 0 unspecified atom stereocenters. The van der Waals surface area contributed by atoms with Gasteiger partial charge < -0.3 is 15.1 Å². The lowest BCUT2D eigenvalue weighted by Gasteiger charge is -2.09. The van der Waals surface area contributed by atoms with Crippen LogP contribution in [0.15, 0.2) is 131 Å². The molecule has 3 N–H and O–H groups in total. The molecule has 0 radical (unpaired) electrons. The Bertz CT molecular complexity index is 3460. The number of benzene rings is 4. The van der Waals surface area contributed by atoms with Crippen molar-refractivity contribution in [1.82, 2.24) is 58.6 Å². The number of aromatic amines is 2. The van der Waals surface area contributed by atoms with Gasteiger partial charge in [0, 0.05) is 16.8 Å². The van der Waals surface area contributed by atoms with E-state index >= 15 is 0 Å². The molecule has 17 heteroatoms. The predicted octanol–water partition coefficient (Wildman–Crippen LogP) is 8.52. The van der Waals surface area contributed by atoms with Crippen LogP contribution < -0.4 is 11.4 Å². The van der Waals surface area contributed by atoms with Crippen molar-refractivity contribution in [2.45, 2.75) is 91.8 Å². The van der Waals surface area contributed by atoms with Gasteiger partial charge in [0.25, 0.3) is 0 Å². The van der Waals surface area contributed by atoms with Crippen LogP contribution >= 0.6 is 0 Å². The Morgan fingerprint density at radius 3 is 1.42 bits per heavy atom. The molecule has 6 heterocycles. The van der Waals surface area contributed by atoms with Crippen molar-refractivity contribution in [3.8, 4) is 34.2 Å². The lowest BCUT2D eigenvalue weighted by Crippen LogP contribution is -2.18. The van der Waals surface area contributed by atoms with Crippen LogP contribution in [0.3, 0.4) is 0 Å². The molecular formula is C55H54N12O5. The van der Waals surface area contributed by atoms with E-state index in [-0.39, 0.29) is 31.6 Å². The van der Waals surface area contributed by atoms with Gasteiger partial charge in [-0.1, -0.05) is 87.1 Å². The van der Waals surface area contributed by atoms with E-state index in [2.05, 4.69) is 79.5 Å². The zero-order valence-corrected chi connectivity index (χ0v) is 39.4. The van der Waals surface area contributed by atoms with Crippen LogP contribution in [0.4, 0.5) is 0 Å². The molecule has 6 aromatic heterocycles. The summed E-state index contributed by atoms with van der Waals surface area (Å²) in [5.41, 5.74) is 14.3. The molecule has 10 aromatic rings. The van der Waals surface area contributed by atoms with Gasteiger partial charge in [0.15, 0.2) is 22.9 Å². The first-order valence-corrected chi connectivity index (χ1v) is 23.6. The van der Waals surface area contributed by atoms with Crippen molar-refractivity contribution in [3.63, 3.8) is 0 Å². The van der Waals surface area contributed by atoms with Crippen LogP contribution in [-0.2, 0) is 35.7 Å². The maximum atomic E-state index is 12.8. The summed E-state index contributed by atoms with van der Waals surface area (Å²) in [5, 5.41) is 18.7. The Balaban J connectivity index is 0.000000167. The van der Waals surface area contributed by atoms with Gasteiger partial charge in [-0.05, 0) is 116 Å². The van der Waals surface area contributed by atoms with E-state index in [1.807, 2.05) is 85.3 Å². The first kappa shape index (κ1) is 48.4. The minimum Gasteiger partial charge on any atom is -0.390 e. The predicted molar refractivity (Wildman–Crippen MR) is 273 cm³/mol. The van der Waals surface area contributed by atoms with Crippen LogP contribution in [0.25, 0.3) is 56.5 Å². The van der Waals surface area contributed by atoms with Gasteiger partial charge in [0.2, 0.25) is 0 Å². The Kier molecular flexibility index (Phi) is 13.9. The monoisotopic (exact) mass is 962 g/mol. The Morgan fingerprint density at radius 2 is 1.01 bits per heavy atom. The Labute approximate surface area is 413 Å². The molecular weight excluding hydrogens is 909 g/mol. The van der Waals surface area contributed by atoms with Crippen molar-refractivity contribution in [1.29, 1.82) is 0 Å². The number of hydrogen-bond donors (Lipinski definition) is 3. The van der Waals surface area contributed by atoms with E-state index in [1.165, 1.54) is 42.5 Å². The maximum Gasteiger partial charge on any atom is 0.373 e. The van der Waals surface area contributed by atoms with Gasteiger partial charge in [-0.15, -0.1) is 0 Å². The Morgan fingerprint density at radius 1 is 0.611 bits per heavy atom. The third kappa shape index (κ3) is 10.0. The second kappa shape index (κ2) is 20.7. The van der Waals surface area contributed by atoms with E-state index in [0.717, 1.165) is 57.1 Å². The third-order valence-corrected chi connectivity index (χ3v) is 12.8. The second-order valence-electron chi connectivity index (χ2n) is 17.9. The first-order chi connectivity index (χ1) is 34.6. The second-order valence-corrected chi connectivity index (χ2v) is 17.9.